The van der Waals surface area contributed by atoms with Gasteiger partial charge in [-0.25, -0.2) is 4.39 Å². The molecule has 0 aliphatic rings. The Bertz CT molecular complexity index is 837. The molecule has 3 aromatic carbocycles. The van der Waals surface area contributed by atoms with Gasteiger partial charge in [0.25, 0.3) is 0 Å². The fraction of sp³-hybridized carbons (Fsp3) is 0.143. The van der Waals surface area contributed by atoms with Crippen LogP contribution < -0.4 is 10.5 Å². The Kier molecular flexibility index (Phi) is 6.57. The van der Waals surface area contributed by atoms with Crippen LogP contribution in [0, 0.1) is 12.7 Å². The Balaban J connectivity index is 0.00000225. The zero-order chi connectivity index (χ0) is 16.9. The number of aryl methyl sites for hydroxylation is 1. The molecule has 0 saturated carbocycles. The molecule has 0 saturated heterocycles. The normalized spacial score (nSPS) is 10.2. The summed E-state index contributed by atoms with van der Waals surface area (Å²) in [6, 6.07) is 20.8. The molecule has 0 aromatic heterocycles. The molecule has 0 bridgehead atoms. The molecule has 3 rings (SSSR count). The lowest BCUT2D eigenvalue weighted by Gasteiger charge is -2.14. The summed E-state index contributed by atoms with van der Waals surface area (Å²) in [7, 11) is 0. The average Bonchev–Trinajstić information content (AvgIpc) is 2.61. The van der Waals surface area contributed by atoms with Gasteiger partial charge in [-0.1, -0.05) is 54.6 Å². The first-order chi connectivity index (χ1) is 11.7. The maximum atomic E-state index is 14.4. The van der Waals surface area contributed by atoms with E-state index in [1.807, 2.05) is 61.5 Å². The lowest BCUT2D eigenvalue weighted by molar-refractivity contribution is 0.307. The van der Waals surface area contributed by atoms with Gasteiger partial charge in [0.1, 0.15) is 18.2 Å². The van der Waals surface area contributed by atoms with Crippen LogP contribution in [0.4, 0.5) is 4.39 Å². The Morgan fingerprint density at radius 2 is 1.60 bits per heavy atom. The van der Waals surface area contributed by atoms with Gasteiger partial charge in [0.15, 0.2) is 0 Å². The Morgan fingerprint density at radius 1 is 0.880 bits per heavy atom. The topological polar surface area (TPSA) is 35.2 Å². The summed E-state index contributed by atoms with van der Waals surface area (Å²) in [6.45, 7) is 2.71. The van der Waals surface area contributed by atoms with Gasteiger partial charge in [-0.2, -0.15) is 0 Å². The maximum absolute atomic E-state index is 14.4. The van der Waals surface area contributed by atoms with E-state index in [9.17, 15) is 4.39 Å². The number of ether oxygens (including phenoxy) is 1. The predicted octanol–water partition coefficient (Wildman–Crippen LogP) is 5.26. The van der Waals surface area contributed by atoms with Crippen molar-refractivity contribution >= 4 is 12.4 Å². The first kappa shape index (κ1) is 19.0. The maximum Gasteiger partial charge on any atom is 0.131 e. The van der Waals surface area contributed by atoms with Gasteiger partial charge in [-0.15, -0.1) is 12.4 Å². The van der Waals surface area contributed by atoms with Crippen LogP contribution in [0.15, 0.2) is 66.7 Å². The van der Waals surface area contributed by atoms with Crippen LogP contribution in [-0.2, 0) is 13.2 Å². The van der Waals surface area contributed by atoms with Crippen LogP contribution in [0.5, 0.6) is 5.75 Å². The predicted molar refractivity (Wildman–Crippen MR) is 102 cm³/mol. The number of halogens is 2. The highest BCUT2D eigenvalue weighted by Crippen LogP contribution is 2.33. The molecular formula is C21H21ClFNO. The third-order valence-corrected chi connectivity index (χ3v) is 3.93. The zero-order valence-electron chi connectivity index (χ0n) is 14.0. The van der Waals surface area contributed by atoms with E-state index < -0.39 is 0 Å². The van der Waals surface area contributed by atoms with Gasteiger partial charge in [0.05, 0.1) is 0 Å². The highest BCUT2D eigenvalue weighted by molar-refractivity contribution is 5.85. The molecule has 0 spiro atoms. The van der Waals surface area contributed by atoms with Crippen molar-refractivity contribution in [2.24, 2.45) is 5.73 Å². The minimum atomic E-state index is -0.250. The van der Waals surface area contributed by atoms with Crippen molar-refractivity contribution in [1.82, 2.24) is 0 Å². The van der Waals surface area contributed by atoms with Crippen LogP contribution >= 0.6 is 12.4 Å². The van der Waals surface area contributed by atoms with E-state index in [2.05, 4.69) is 0 Å². The molecule has 0 aliphatic heterocycles. The summed E-state index contributed by atoms with van der Waals surface area (Å²) in [4.78, 5) is 0. The van der Waals surface area contributed by atoms with Crippen molar-refractivity contribution in [2.75, 3.05) is 0 Å². The van der Waals surface area contributed by atoms with E-state index in [0.717, 1.165) is 22.3 Å². The van der Waals surface area contributed by atoms with Gasteiger partial charge in [0.2, 0.25) is 0 Å². The van der Waals surface area contributed by atoms with Gasteiger partial charge in [-0.3, -0.25) is 0 Å². The Hall–Kier alpha value is -2.36. The average molecular weight is 358 g/mol. The first-order valence-electron chi connectivity index (χ1n) is 7.93. The summed E-state index contributed by atoms with van der Waals surface area (Å²) < 4.78 is 20.4. The molecule has 0 unspecified atom stereocenters. The van der Waals surface area contributed by atoms with Gasteiger partial charge in [0, 0.05) is 17.7 Å². The minimum absolute atomic E-state index is 0. The highest BCUT2D eigenvalue weighted by atomic mass is 35.5. The zero-order valence-corrected chi connectivity index (χ0v) is 14.9. The number of nitrogens with two attached hydrogens (primary N) is 1. The van der Waals surface area contributed by atoms with Crippen LogP contribution in [0.25, 0.3) is 11.1 Å². The third-order valence-electron chi connectivity index (χ3n) is 3.93. The molecule has 25 heavy (non-hydrogen) atoms. The third kappa shape index (κ3) is 4.59. The SMILES string of the molecule is Cc1ccc(-c2ccc(CN)cc2OCc2ccccc2)c(F)c1.Cl. The molecule has 0 amide bonds. The Morgan fingerprint density at radius 3 is 2.28 bits per heavy atom. The number of benzene rings is 3. The minimum Gasteiger partial charge on any atom is -0.488 e. The summed E-state index contributed by atoms with van der Waals surface area (Å²) in [5, 5.41) is 0. The largest absolute Gasteiger partial charge is 0.488 e. The second-order valence-electron chi connectivity index (χ2n) is 5.79. The van der Waals surface area contributed by atoms with Crippen molar-refractivity contribution in [3.05, 3.63) is 89.2 Å². The number of rotatable bonds is 5. The molecule has 0 heterocycles. The second-order valence-corrected chi connectivity index (χ2v) is 5.79. The highest BCUT2D eigenvalue weighted by Gasteiger charge is 2.12. The molecule has 0 atom stereocenters. The Labute approximate surface area is 153 Å². The lowest BCUT2D eigenvalue weighted by atomic mass is 10.0. The second kappa shape index (κ2) is 8.65. The number of hydrogen-bond donors (Lipinski definition) is 1. The molecule has 0 fully saturated rings. The molecule has 4 heteroatoms. The van der Waals surface area contributed by atoms with Crippen LogP contribution in [-0.4, -0.2) is 0 Å². The van der Waals surface area contributed by atoms with Gasteiger partial charge >= 0.3 is 0 Å². The van der Waals surface area contributed by atoms with E-state index in [1.165, 1.54) is 6.07 Å². The fourth-order valence-electron chi connectivity index (χ4n) is 2.61. The van der Waals surface area contributed by atoms with E-state index >= 15 is 0 Å². The summed E-state index contributed by atoms with van der Waals surface area (Å²) in [5.41, 5.74) is 9.91. The molecule has 130 valence electrons. The van der Waals surface area contributed by atoms with E-state index in [0.29, 0.717) is 24.5 Å². The molecule has 0 aliphatic carbocycles. The van der Waals surface area contributed by atoms with Gasteiger partial charge < -0.3 is 10.5 Å². The summed E-state index contributed by atoms with van der Waals surface area (Å²) in [6.07, 6.45) is 0. The quantitative estimate of drug-likeness (QED) is 0.676. The van der Waals surface area contributed by atoms with Crippen molar-refractivity contribution in [2.45, 2.75) is 20.1 Å². The molecule has 2 nitrogen and oxygen atoms in total. The monoisotopic (exact) mass is 357 g/mol. The first-order valence-corrected chi connectivity index (χ1v) is 7.93. The lowest BCUT2D eigenvalue weighted by Crippen LogP contribution is -2.01. The van der Waals surface area contributed by atoms with Crippen molar-refractivity contribution in [3.63, 3.8) is 0 Å². The van der Waals surface area contributed by atoms with Gasteiger partial charge in [-0.05, 0) is 35.7 Å². The molecular weight excluding hydrogens is 337 g/mol. The van der Waals surface area contributed by atoms with Crippen molar-refractivity contribution in [1.29, 1.82) is 0 Å². The molecule has 2 N–H and O–H groups in total. The van der Waals surface area contributed by atoms with Crippen molar-refractivity contribution in [3.8, 4) is 16.9 Å². The van der Waals surface area contributed by atoms with E-state index in [-0.39, 0.29) is 18.2 Å². The van der Waals surface area contributed by atoms with Crippen LogP contribution in [0.1, 0.15) is 16.7 Å². The fourth-order valence-corrected chi connectivity index (χ4v) is 2.61. The summed E-state index contributed by atoms with van der Waals surface area (Å²) in [5.74, 6) is 0.393. The standard InChI is InChI=1S/C21H20FNO.ClH/c1-15-7-9-18(20(22)11-15)19-10-8-17(13-23)12-21(19)24-14-16-5-3-2-4-6-16;/h2-12H,13-14,23H2,1H3;1H. The van der Waals surface area contributed by atoms with Crippen LogP contribution in [0.2, 0.25) is 0 Å². The summed E-state index contributed by atoms with van der Waals surface area (Å²) >= 11 is 0. The van der Waals surface area contributed by atoms with E-state index in [1.54, 1.807) is 6.07 Å². The van der Waals surface area contributed by atoms with Crippen molar-refractivity contribution < 1.29 is 9.13 Å². The number of hydrogen-bond acceptors (Lipinski definition) is 2. The molecule has 0 radical (unpaired) electrons. The van der Waals surface area contributed by atoms with Crippen LogP contribution in [0.3, 0.4) is 0 Å². The van der Waals surface area contributed by atoms with E-state index in [4.69, 9.17) is 10.5 Å². The smallest absolute Gasteiger partial charge is 0.131 e. The molecule has 3 aromatic rings.